The molecule has 8 heteroatoms. The fourth-order valence-electron chi connectivity index (χ4n) is 3.20. The first-order chi connectivity index (χ1) is 14.2. The molecule has 0 radical (unpaired) electrons. The van der Waals surface area contributed by atoms with Gasteiger partial charge in [-0.1, -0.05) is 23.9 Å². The molecule has 4 rings (SSSR count). The summed E-state index contributed by atoms with van der Waals surface area (Å²) < 4.78 is 34.0. The molecule has 0 unspecified atom stereocenters. The largest absolute Gasteiger partial charge is 0.379 e. The zero-order valence-electron chi connectivity index (χ0n) is 15.9. The predicted octanol–water partition coefficient (Wildman–Crippen LogP) is 3.85. The maximum atomic E-state index is 13.3. The van der Waals surface area contributed by atoms with Crippen molar-refractivity contribution in [3.05, 3.63) is 65.7 Å². The van der Waals surface area contributed by atoms with E-state index in [1.54, 1.807) is 36.0 Å². The van der Waals surface area contributed by atoms with E-state index in [-0.39, 0.29) is 11.6 Å². The average Bonchev–Trinajstić information content (AvgIpc) is 3.16. The maximum Gasteiger partial charge on any atom is 0.191 e. The molecule has 0 amide bonds. The number of thioether (sulfide) groups is 1. The minimum atomic E-state index is -0.279. The van der Waals surface area contributed by atoms with Gasteiger partial charge in [-0.05, 0) is 42.0 Å². The van der Waals surface area contributed by atoms with Crippen LogP contribution in [0.5, 0.6) is 0 Å². The molecule has 0 atom stereocenters. The van der Waals surface area contributed by atoms with Crippen LogP contribution in [0.4, 0.5) is 8.78 Å². The summed E-state index contributed by atoms with van der Waals surface area (Å²) in [4.78, 5) is 2.35. The number of hydrogen-bond donors (Lipinski definition) is 0. The predicted molar refractivity (Wildman–Crippen MR) is 109 cm³/mol. The van der Waals surface area contributed by atoms with Crippen LogP contribution in [0.25, 0.3) is 11.4 Å². The SMILES string of the molecule is Fc1ccc(CSc2nnc(-c3ccc(F)cc3)n2CCN2CCOCC2)cc1. The molecule has 2 heterocycles. The van der Waals surface area contributed by atoms with Gasteiger partial charge in [0.15, 0.2) is 11.0 Å². The van der Waals surface area contributed by atoms with Crippen molar-refractivity contribution in [2.75, 3.05) is 32.8 Å². The molecule has 1 aliphatic rings. The van der Waals surface area contributed by atoms with Crippen molar-refractivity contribution in [2.45, 2.75) is 17.5 Å². The van der Waals surface area contributed by atoms with Crippen molar-refractivity contribution in [1.82, 2.24) is 19.7 Å². The van der Waals surface area contributed by atoms with Gasteiger partial charge in [-0.25, -0.2) is 8.78 Å². The second-order valence-electron chi connectivity index (χ2n) is 6.83. The van der Waals surface area contributed by atoms with Crippen LogP contribution in [-0.4, -0.2) is 52.5 Å². The van der Waals surface area contributed by atoms with Crippen molar-refractivity contribution in [3.8, 4) is 11.4 Å². The molecule has 2 aromatic carbocycles. The molecule has 1 aliphatic heterocycles. The van der Waals surface area contributed by atoms with Crippen LogP contribution in [0.2, 0.25) is 0 Å². The van der Waals surface area contributed by atoms with E-state index < -0.39 is 0 Å². The third kappa shape index (κ3) is 5.20. The van der Waals surface area contributed by atoms with E-state index in [9.17, 15) is 8.78 Å². The lowest BCUT2D eigenvalue weighted by molar-refractivity contribution is 0.0361. The fourth-order valence-corrected chi connectivity index (χ4v) is 4.12. The van der Waals surface area contributed by atoms with Gasteiger partial charge in [-0.3, -0.25) is 4.90 Å². The molecule has 0 N–H and O–H groups in total. The molecular weight excluding hydrogens is 394 g/mol. The fraction of sp³-hybridized carbons (Fsp3) is 0.333. The average molecular weight is 416 g/mol. The molecule has 0 aliphatic carbocycles. The van der Waals surface area contributed by atoms with Crippen molar-refractivity contribution in [1.29, 1.82) is 0 Å². The van der Waals surface area contributed by atoms with E-state index in [2.05, 4.69) is 19.7 Å². The highest BCUT2D eigenvalue weighted by atomic mass is 32.2. The molecule has 29 heavy (non-hydrogen) atoms. The summed E-state index contributed by atoms with van der Waals surface area (Å²) in [6, 6.07) is 12.8. The minimum Gasteiger partial charge on any atom is -0.379 e. The van der Waals surface area contributed by atoms with E-state index in [1.165, 1.54) is 24.3 Å². The second kappa shape index (κ2) is 9.47. The Bertz CT molecular complexity index is 925. The van der Waals surface area contributed by atoms with Crippen LogP contribution in [0, 0.1) is 11.6 Å². The Labute approximate surface area is 172 Å². The van der Waals surface area contributed by atoms with E-state index >= 15 is 0 Å². The number of aromatic nitrogens is 3. The molecule has 1 fully saturated rings. The van der Waals surface area contributed by atoms with Gasteiger partial charge < -0.3 is 9.30 Å². The number of halogens is 2. The van der Waals surface area contributed by atoms with E-state index in [1.807, 2.05) is 0 Å². The molecule has 152 valence electrons. The quantitative estimate of drug-likeness (QED) is 0.548. The van der Waals surface area contributed by atoms with Crippen LogP contribution in [0.3, 0.4) is 0 Å². The highest BCUT2D eigenvalue weighted by molar-refractivity contribution is 7.98. The van der Waals surface area contributed by atoms with Crippen LogP contribution in [-0.2, 0) is 17.0 Å². The summed E-state index contributed by atoms with van der Waals surface area (Å²) in [6.45, 7) is 4.90. The van der Waals surface area contributed by atoms with Crippen LogP contribution in [0.15, 0.2) is 53.7 Å². The Morgan fingerprint density at radius 3 is 2.21 bits per heavy atom. The minimum absolute atomic E-state index is 0.244. The van der Waals surface area contributed by atoms with E-state index in [0.717, 1.165) is 61.5 Å². The van der Waals surface area contributed by atoms with Crippen molar-refractivity contribution < 1.29 is 13.5 Å². The smallest absolute Gasteiger partial charge is 0.191 e. The van der Waals surface area contributed by atoms with Crippen molar-refractivity contribution >= 4 is 11.8 Å². The monoisotopic (exact) mass is 416 g/mol. The van der Waals surface area contributed by atoms with Gasteiger partial charge in [0, 0.05) is 37.5 Å². The first-order valence-corrected chi connectivity index (χ1v) is 10.5. The molecule has 0 saturated carbocycles. The summed E-state index contributed by atoms with van der Waals surface area (Å²) in [5, 5.41) is 9.54. The highest BCUT2D eigenvalue weighted by Gasteiger charge is 2.17. The Balaban J connectivity index is 1.54. The number of ether oxygens (including phenoxy) is 1. The van der Waals surface area contributed by atoms with Gasteiger partial charge in [0.05, 0.1) is 13.2 Å². The maximum absolute atomic E-state index is 13.3. The Morgan fingerprint density at radius 1 is 0.862 bits per heavy atom. The summed E-state index contributed by atoms with van der Waals surface area (Å²) in [7, 11) is 0. The number of benzene rings is 2. The topological polar surface area (TPSA) is 43.2 Å². The first-order valence-electron chi connectivity index (χ1n) is 9.55. The Kier molecular flexibility index (Phi) is 6.53. The van der Waals surface area contributed by atoms with Gasteiger partial charge >= 0.3 is 0 Å². The lowest BCUT2D eigenvalue weighted by atomic mass is 10.2. The highest BCUT2D eigenvalue weighted by Crippen LogP contribution is 2.27. The molecule has 0 spiro atoms. The Morgan fingerprint density at radius 2 is 1.52 bits per heavy atom. The first kappa shape index (κ1) is 20.0. The van der Waals surface area contributed by atoms with Crippen LogP contribution >= 0.6 is 11.8 Å². The number of hydrogen-bond acceptors (Lipinski definition) is 5. The lowest BCUT2D eigenvalue weighted by Crippen LogP contribution is -2.38. The Hall–Kier alpha value is -2.29. The van der Waals surface area contributed by atoms with E-state index in [0.29, 0.717) is 5.75 Å². The molecule has 1 saturated heterocycles. The lowest BCUT2D eigenvalue weighted by Gasteiger charge is -2.27. The molecular formula is C21H22F2N4OS. The van der Waals surface area contributed by atoms with Crippen LogP contribution < -0.4 is 0 Å². The number of nitrogens with zero attached hydrogens (tertiary/aromatic N) is 4. The van der Waals surface area contributed by atoms with Gasteiger partial charge in [-0.15, -0.1) is 10.2 Å². The molecule has 0 bridgehead atoms. The molecule has 1 aromatic heterocycles. The number of morpholine rings is 1. The van der Waals surface area contributed by atoms with E-state index in [4.69, 9.17) is 4.74 Å². The molecule has 3 aromatic rings. The zero-order valence-corrected chi connectivity index (χ0v) is 16.7. The standard InChI is InChI=1S/C21H22F2N4OS/c22-18-5-1-16(2-6-18)15-29-21-25-24-20(17-3-7-19(23)8-4-17)27(21)10-9-26-11-13-28-14-12-26/h1-8H,9-15H2. The summed E-state index contributed by atoms with van der Waals surface area (Å²) in [6.07, 6.45) is 0. The van der Waals surface area contributed by atoms with Gasteiger partial charge in [-0.2, -0.15) is 0 Å². The summed E-state index contributed by atoms with van der Waals surface area (Å²) in [5.41, 5.74) is 1.84. The molecule has 5 nitrogen and oxygen atoms in total. The third-order valence-corrected chi connectivity index (χ3v) is 5.88. The third-order valence-electron chi connectivity index (χ3n) is 4.84. The van der Waals surface area contributed by atoms with Crippen molar-refractivity contribution in [2.24, 2.45) is 0 Å². The van der Waals surface area contributed by atoms with Gasteiger partial charge in [0.2, 0.25) is 0 Å². The summed E-state index contributed by atoms with van der Waals surface area (Å²) >= 11 is 1.56. The normalized spacial score (nSPS) is 15.0. The van der Waals surface area contributed by atoms with Crippen molar-refractivity contribution in [3.63, 3.8) is 0 Å². The van der Waals surface area contributed by atoms with Gasteiger partial charge in [0.25, 0.3) is 0 Å². The second-order valence-corrected chi connectivity index (χ2v) is 7.78. The summed E-state index contributed by atoms with van der Waals surface area (Å²) in [5.74, 6) is 0.865. The number of rotatable bonds is 7. The van der Waals surface area contributed by atoms with Gasteiger partial charge in [0.1, 0.15) is 11.6 Å². The zero-order chi connectivity index (χ0) is 20.1. The van der Waals surface area contributed by atoms with Crippen LogP contribution in [0.1, 0.15) is 5.56 Å².